The van der Waals surface area contributed by atoms with E-state index in [2.05, 4.69) is 50.4 Å². The molecule has 6 nitrogen and oxygen atoms in total. The van der Waals surface area contributed by atoms with Crippen LogP contribution < -0.4 is 5.32 Å². The number of aliphatic hydroxyl groups excluding tert-OH is 2. The highest BCUT2D eigenvalue weighted by Crippen LogP contribution is 2.18. The lowest BCUT2D eigenvalue weighted by Gasteiger charge is -2.24. The third-order valence-electron chi connectivity index (χ3n) is 12.8. The number of hydrogen-bond acceptors (Lipinski definition) is 5. The Kier molecular flexibility index (Phi) is 49.0. The zero-order valence-electron chi connectivity index (χ0n) is 41.8. The molecule has 0 aromatic carbocycles. The number of carbonyl (C=O) groups excluding carboxylic acids is 2. The van der Waals surface area contributed by atoms with Gasteiger partial charge < -0.3 is 20.3 Å². The van der Waals surface area contributed by atoms with E-state index in [1.165, 1.54) is 180 Å². The highest BCUT2D eigenvalue weighted by atomic mass is 16.5. The van der Waals surface area contributed by atoms with E-state index >= 15 is 0 Å². The zero-order valence-corrected chi connectivity index (χ0v) is 41.8. The van der Waals surface area contributed by atoms with Gasteiger partial charge >= 0.3 is 5.97 Å². The van der Waals surface area contributed by atoms with Gasteiger partial charge in [0, 0.05) is 6.42 Å². The summed E-state index contributed by atoms with van der Waals surface area (Å²) < 4.78 is 5.94. The van der Waals surface area contributed by atoms with Crippen LogP contribution in [0.15, 0.2) is 24.3 Å². The molecule has 0 aromatic heterocycles. The van der Waals surface area contributed by atoms with Gasteiger partial charge in [0.15, 0.2) is 0 Å². The molecule has 0 heterocycles. The van der Waals surface area contributed by atoms with Crippen molar-refractivity contribution in [2.75, 3.05) is 6.61 Å². The van der Waals surface area contributed by atoms with Crippen LogP contribution in [0.5, 0.6) is 0 Å². The smallest absolute Gasteiger partial charge is 0.306 e. The minimum Gasteiger partial charge on any atom is -0.462 e. The van der Waals surface area contributed by atoms with Crippen LogP contribution in [0.4, 0.5) is 0 Å². The van der Waals surface area contributed by atoms with Crippen LogP contribution in [0.2, 0.25) is 0 Å². The quantitative estimate of drug-likeness (QED) is 0.0321. The molecule has 0 aliphatic carbocycles. The third-order valence-corrected chi connectivity index (χ3v) is 12.8. The molecule has 0 bridgehead atoms. The van der Waals surface area contributed by atoms with Crippen molar-refractivity contribution >= 4 is 11.9 Å². The molecule has 0 aromatic rings. The summed E-state index contributed by atoms with van der Waals surface area (Å²) in [7, 11) is 0. The fraction of sp³-hybridized carbons (Fsp3) is 0.893. The van der Waals surface area contributed by atoms with Gasteiger partial charge in [-0.05, 0) is 51.4 Å². The Bertz CT molecular complexity index is 981. The number of carbonyl (C=O) groups is 2. The molecular weight excluding hydrogens is 767 g/mol. The molecule has 0 saturated heterocycles. The Morgan fingerprint density at radius 2 is 0.806 bits per heavy atom. The first-order valence-electron chi connectivity index (χ1n) is 27.6. The van der Waals surface area contributed by atoms with E-state index < -0.39 is 18.2 Å². The minimum absolute atomic E-state index is 0.0695. The Morgan fingerprint density at radius 1 is 0.468 bits per heavy atom. The van der Waals surface area contributed by atoms with E-state index in [9.17, 15) is 19.8 Å². The lowest BCUT2D eigenvalue weighted by atomic mass is 10.0. The van der Waals surface area contributed by atoms with Crippen molar-refractivity contribution in [3.63, 3.8) is 0 Å². The molecule has 3 unspecified atom stereocenters. The number of hydrogen-bond donors (Lipinski definition) is 3. The molecule has 0 rings (SSSR count). The van der Waals surface area contributed by atoms with Crippen molar-refractivity contribution in [2.45, 2.75) is 315 Å². The first kappa shape index (κ1) is 60.3. The summed E-state index contributed by atoms with van der Waals surface area (Å²) in [6.45, 7) is 6.48. The predicted molar refractivity (Wildman–Crippen MR) is 269 cm³/mol. The van der Waals surface area contributed by atoms with Crippen LogP contribution in [0, 0.1) is 0 Å². The predicted octanol–water partition coefficient (Wildman–Crippen LogP) is 16.7. The van der Waals surface area contributed by atoms with Crippen LogP contribution in [0.3, 0.4) is 0 Å². The molecule has 366 valence electrons. The SMILES string of the molecule is CCCCC/C=C/C=C/CCCCCCC(CC(=O)NC(CO)C(O)CCCCCCCCCCCCCCCC)OC(=O)CCCCCCCCCCCCCCCCCC. The third kappa shape index (κ3) is 44.9. The summed E-state index contributed by atoms with van der Waals surface area (Å²) in [5, 5.41) is 23.8. The largest absolute Gasteiger partial charge is 0.462 e. The zero-order chi connectivity index (χ0) is 45.2. The average Bonchev–Trinajstić information content (AvgIpc) is 3.26. The second-order valence-corrected chi connectivity index (χ2v) is 19.0. The molecule has 0 fully saturated rings. The van der Waals surface area contributed by atoms with E-state index in [0.717, 1.165) is 70.6 Å². The molecule has 0 spiro atoms. The number of amides is 1. The molecule has 0 aliphatic heterocycles. The summed E-state index contributed by atoms with van der Waals surface area (Å²) >= 11 is 0. The molecule has 62 heavy (non-hydrogen) atoms. The van der Waals surface area contributed by atoms with Gasteiger partial charge in [0.25, 0.3) is 0 Å². The van der Waals surface area contributed by atoms with Gasteiger partial charge in [-0.3, -0.25) is 9.59 Å². The first-order chi connectivity index (χ1) is 30.5. The molecule has 1 amide bonds. The van der Waals surface area contributed by atoms with Crippen LogP contribution in [-0.2, 0) is 14.3 Å². The Balaban J connectivity index is 4.53. The van der Waals surface area contributed by atoms with Crippen molar-refractivity contribution in [1.82, 2.24) is 5.32 Å². The lowest BCUT2D eigenvalue weighted by Crippen LogP contribution is -2.46. The van der Waals surface area contributed by atoms with Gasteiger partial charge in [-0.15, -0.1) is 0 Å². The monoisotopic (exact) mass is 874 g/mol. The van der Waals surface area contributed by atoms with E-state index in [4.69, 9.17) is 4.74 Å². The van der Waals surface area contributed by atoms with Gasteiger partial charge in [-0.25, -0.2) is 0 Å². The van der Waals surface area contributed by atoms with Crippen molar-refractivity contribution in [3.05, 3.63) is 24.3 Å². The van der Waals surface area contributed by atoms with Gasteiger partial charge in [-0.1, -0.05) is 257 Å². The van der Waals surface area contributed by atoms with E-state index in [1.807, 2.05) is 0 Å². The molecule has 6 heteroatoms. The maximum atomic E-state index is 13.2. The van der Waals surface area contributed by atoms with Gasteiger partial charge in [0.2, 0.25) is 5.91 Å². The van der Waals surface area contributed by atoms with Gasteiger partial charge in [-0.2, -0.15) is 0 Å². The average molecular weight is 874 g/mol. The highest BCUT2D eigenvalue weighted by molar-refractivity contribution is 5.77. The lowest BCUT2D eigenvalue weighted by molar-refractivity contribution is -0.151. The van der Waals surface area contributed by atoms with Crippen LogP contribution >= 0.6 is 0 Å². The van der Waals surface area contributed by atoms with Crippen LogP contribution in [0.25, 0.3) is 0 Å². The summed E-state index contributed by atoms with van der Waals surface area (Å²) in [5.41, 5.74) is 0. The number of nitrogens with one attached hydrogen (secondary N) is 1. The Morgan fingerprint density at radius 3 is 1.23 bits per heavy atom. The second-order valence-electron chi connectivity index (χ2n) is 19.0. The summed E-state index contributed by atoms with van der Waals surface area (Å²) in [5.74, 6) is -0.477. The summed E-state index contributed by atoms with van der Waals surface area (Å²) in [6, 6.07) is -0.704. The fourth-order valence-corrected chi connectivity index (χ4v) is 8.60. The standard InChI is InChI=1S/C56H107NO5/c1-4-7-10-13-16-19-22-25-27-28-31-34-37-40-43-46-49-56(61)62-52(47-44-41-38-35-32-29-24-21-18-15-12-9-6-3)50-55(60)57-53(51-58)54(59)48-45-42-39-36-33-30-26-23-20-17-14-11-8-5-2/h18,21,24,29,52-54,58-59H,4-17,19-20,22-23,25-28,30-51H2,1-3H3,(H,57,60)/b21-18+,29-24+. The fourth-order valence-electron chi connectivity index (χ4n) is 8.60. The number of ether oxygens (including phenoxy) is 1. The topological polar surface area (TPSA) is 95.9 Å². The second kappa shape index (κ2) is 50.3. The molecule has 0 aliphatic rings. The number of aliphatic hydroxyl groups is 2. The van der Waals surface area contributed by atoms with E-state index in [-0.39, 0.29) is 24.9 Å². The molecular formula is C56H107NO5. The van der Waals surface area contributed by atoms with Crippen molar-refractivity contribution in [1.29, 1.82) is 0 Å². The van der Waals surface area contributed by atoms with Crippen molar-refractivity contribution in [3.8, 4) is 0 Å². The van der Waals surface area contributed by atoms with Crippen molar-refractivity contribution in [2.24, 2.45) is 0 Å². The van der Waals surface area contributed by atoms with Crippen LogP contribution in [-0.4, -0.2) is 46.9 Å². The number of rotatable bonds is 50. The van der Waals surface area contributed by atoms with E-state index in [1.54, 1.807) is 0 Å². The summed E-state index contributed by atoms with van der Waals surface area (Å²) in [4.78, 5) is 26.2. The maximum Gasteiger partial charge on any atom is 0.306 e. The molecule has 3 atom stereocenters. The maximum absolute atomic E-state index is 13.2. The molecule has 0 saturated carbocycles. The minimum atomic E-state index is -0.789. The van der Waals surface area contributed by atoms with E-state index in [0.29, 0.717) is 19.3 Å². The first-order valence-corrected chi connectivity index (χ1v) is 27.6. The highest BCUT2D eigenvalue weighted by Gasteiger charge is 2.24. The normalized spacial score (nSPS) is 13.3. The molecule has 0 radical (unpaired) electrons. The van der Waals surface area contributed by atoms with Gasteiger partial charge in [0.1, 0.15) is 6.10 Å². The summed E-state index contributed by atoms with van der Waals surface area (Å²) in [6.07, 6.45) is 58.1. The molecule has 3 N–H and O–H groups in total. The van der Waals surface area contributed by atoms with Gasteiger partial charge in [0.05, 0.1) is 25.2 Å². The number of unbranched alkanes of at least 4 members (excludes halogenated alkanes) is 35. The number of esters is 1. The Labute approximate surface area is 386 Å². The van der Waals surface area contributed by atoms with Crippen molar-refractivity contribution < 1.29 is 24.5 Å². The van der Waals surface area contributed by atoms with Crippen LogP contribution in [0.1, 0.15) is 297 Å². The Hall–Kier alpha value is -1.66. The number of allylic oxidation sites excluding steroid dienone is 4.